The minimum Gasteiger partial charge on any atom is -0.504 e. The highest BCUT2D eigenvalue weighted by molar-refractivity contribution is 7.22. The predicted octanol–water partition coefficient (Wildman–Crippen LogP) is 11.5. The number of aromatic nitrogens is 17. The highest BCUT2D eigenvalue weighted by Crippen LogP contribution is 2.28. The number of likely N-dealkylation sites (N-methyl/N-ethyl adjacent to an activating group) is 1. The first kappa shape index (κ1) is 112. The second-order valence-electron chi connectivity index (χ2n) is 33.0. The van der Waals surface area contributed by atoms with Crippen molar-refractivity contribution in [2.24, 2.45) is 0 Å². The van der Waals surface area contributed by atoms with Crippen LogP contribution in [-0.2, 0) is 25.8 Å². The quantitative estimate of drug-likeness (QED) is 0.0280. The second-order valence-corrected chi connectivity index (χ2v) is 34.1. The molecule has 17 heterocycles. The minimum absolute atomic E-state index is 0. The fourth-order valence-corrected chi connectivity index (χ4v) is 15.4. The number of fused-ring (bicyclic) bond motifs is 9. The number of hydrogen-bond acceptors (Lipinski definition) is 31. The summed E-state index contributed by atoms with van der Waals surface area (Å²) < 4.78 is 36.6. The Balaban J connectivity index is 0.000000164. The van der Waals surface area contributed by atoms with Gasteiger partial charge < -0.3 is 61.7 Å². The zero-order valence-corrected chi connectivity index (χ0v) is 82.5. The van der Waals surface area contributed by atoms with E-state index in [0.717, 1.165) is 99.5 Å². The van der Waals surface area contributed by atoms with Crippen molar-refractivity contribution in [1.29, 1.82) is 0 Å². The fraction of sp³-hybridized carbons (Fsp3) is 0.229. The number of benzene rings is 2. The van der Waals surface area contributed by atoms with Gasteiger partial charge in [0.2, 0.25) is 0 Å². The SMILES string of the molecule is C.CC(C)c1cnc2c(O)cccn2c1=O.CCCCNC(=O)c1cnc2c(O)cccn2c1=O.CCCCc1cnc2c(O)cccn2c1=O.CCCc1cnc2c(O)cccn2c1=O.CCN(CC)CCNC(=O)c1cnc2c(O)cccn2c1=O.CCc1cnc2c(O)cccn2c1=O.O=C(NCc1ccc(F)cc1)c1cnc2c(O)cccn2c1=O.O=C(Nc1nc2ccc(F)cc2s1)c1cnc2c(O)cccn2c1=O. The Kier molecular flexibility index (Phi) is 38.9. The largest absolute Gasteiger partial charge is 0.504 e. The van der Waals surface area contributed by atoms with Crippen LogP contribution in [0.4, 0.5) is 13.9 Å². The maximum Gasteiger partial charge on any atom is 0.270 e. The number of carbonyl (C=O) groups is 4. The van der Waals surface area contributed by atoms with E-state index in [1.165, 1.54) is 170 Å². The molecule has 0 atom stereocenters. The average molecular weight is 2070 g/mol. The second kappa shape index (κ2) is 52.2. The molecule has 0 aliphatic rings. The molecule has 0 spiro atoms. The normalized spacial score (nSPS) is 10.8. The van der Waals surface area contributed by atoms with E-state index in [4.69, 9.17) is 0 Å². The van der Waals surface area contributed by atoms with Crippen molar-refractivity contribution in [3.05, 3.63) is 383 Å². The Labute approximate surface area is 854 Å². The molecule has 0 saturated carbocycles. The highest BCUT2D eigenvalue weighted by Gasteiger charge is 2.22. The van der Waals surface area contributed by atoms with Crippen LogP contribution in [0.5, 0.6) is 46.0 Å². The van der Waals surface area contributed by atoms with Gasteiger partial charge in [-0.25, -0.2) is 53.6 Å². The third kappa shape index (κ3) is 26.9. The first-order chi connectivity index (χ1) is 71.6. The van der Waals surface area contributed by atoms with Gasteiger partial charge in [0, 0.05) is 148 Å². The van der Waals surface area contributed by atoms with Crippen molar-refractivity contribution in [3.63, 3.8) is 0 Å². The lowest BCUT2D eigenvalue weighted by atomic mass is 10.1. The van der Waals surface area contributed by atoms with Crippen molar-refractivity contribution in [3.8, 4) is 46.0 Å². The Bertz CT molecular complexity index is 8670. The molecule has 0 aliphatic heterocycles. The monoisotopic (exact) mass is 2070 g/mol. The van der Waals surface area contributed by atoms with Crippen LogP contribution < -0.4 is 65.7 Å². The summed E-state index contributed by atoms with van der Waals surface area (Å²) in [6, 6.07) is 34.0. The molecule has 45 heteroatoms. The molecule has 0 saturated heterocycles. The molecule has 0 radical (unpaired) electrons. The molecule has 150 heavy (non-hydrogen) atoms. The van der Waals surface area contributed by atoms with Gasteiger partial charge >= 0.3 is 0 Å². The number of aromatic hydroxyl groups is 8. The number of unbranched alkanes of at least 4 members (excludes halogenated alkanes) is 2. The molecule has 0 unspecified atom stereocenters. The highest BCUT2D eigenvalue weighted by atomic mass is 32.1. The molecule has 778 valence electrons. The zero-order chi connectivity index (χ0) is 107. The fourth-order valence-electron chi connectivity index (χ4n) is 14.5. The lowest BCUT2D eigenvalue weighted by Gasteiger charge is -2.17. The molecule has 4 amide bonds. The summed E-state index contributed by atoms with van der Waals surface area (Å²) in [6.45, 7) is 19.7. The average Bonchev–Trinajstić information content (AvgIpc) is 1.74. The van der Waals surface area contributed by atoms with Crippen LogP contribution in [-0.4, -0.2) is 182 Å². The molecule has 17 aromatic heterocycles. The van der Waals surface area contributed by atoms with Gasteiger partial charge in [-0.1, -0.05) is 106 Å². The summed E-state index contributed by atoms with van der Waals surface area (Å²) >= 11 is 1.09. The summed E-state index contributed by atoms with van der Waals surface area (Å²) in [4.78, 5) is 183. The van der Waals surface area contributed by atoms with Crippen molar-refractivity contribution in [1.82, 2.24) is 101 Å². The van der Waals surface area contributed by atoms with Crippen LogP contribution in [0, 0.1) is 11.6 Å². The van der Waals surface area contributed by atoms with Crippen LogP contribution in [0.25, 0.3) is 55.4 Å². The van der Waals surface area contributed by atoms with E-state index in [-0.39, 0.29) is 144 Å². The van der Waals surface area contributed by atoms with E-state index in [0.29, 0.717) is 86.6 Å². The van der Waals surface area contributed by atoms with Crippen LogP contribution in [0.1, 0.15) is 170 Å². The third-order valence-corrected chi connectivity index (χ3v) is 23.5. The van der Waals surface area contributed by atoms with Gasteiger partial charge in [0.25, 0.3) is 68.1 Å². The molecular weight excluding hydrogens is 1960 g/mol. The number of nitrogens with one attached hydrogen (secondary N) is 4. The van der Waals surface area contributed by atoms with Crippen molar-refractivity contribution < 1.29 is 68.8 Å². The summed E-state index contributed by atoms with van der Waals surface area (Å²) in [5.74, 6) is -3.23. The number of anilines is 1. The standard InChI is InChI=1S/C16H9FN4O3S.C16H12FN3O3.C15H20N4O3.C13H15N3O3.C12H14N2O2.2C11H12N2O2.C10H10N2O2.CH4/c17-8-3-4-10-12(6-8)25-16(19-10)20-14(23)9-7-18-13-11(22)2-1-5-21(13)15(9)24;17-11-5-3-10(4-6-11)8-19-15(22)12-9-18-14-13(21)2-1-7-20(14)16(12)23;1-3-18(4-2)9-7-16-14(21)11-10-17-13-12(20)6-5-8-19(13)15(11)22;1-2-3-6-14-12(18)9-8-15-11-10(17)5-4-7-16(11)13(9)19;1-2-3-5-9-8-13-11-10(15)6-4-7-14(11)12(9)16;1-7(2)8-6-12-10-9(14)4-3-5-13(10)11(8)15;1-2-4-8-7-12-10-9(14)5-3-6-13(10)11(8)15;1-2-7-6-11-9-8(13)4-3-5-12(9)10(7)14;/h1-7,22H,(H,19,20,23);1-7,9,21H,8H2,(H,19,22);5-6,8,10,20H,3-4,7,9H2,1-2H3,(H,16,21);4-5,7-8,17H,2-3,6H2,1H3,(H,14,18);4,6-8,15H,2-3,5H2,1H3;3-7,14H,1-2H3;3,5-7,14H,2,4H2,1H3;3-6,13H,2H2,1H3;1H4. The number of amides is 4. The maximum atomic E-state index is 13.2. The number of hydrogen-bond donors (Lipinski definition) is 12. The van der Waals surface area contributed by atoms with Gasteiger partial charge in [0.15, 0.2) is 96.3 Å². The van der Waals surface area contributed by atoms with E-state index in [1.807, 2.05) is 34.6 Å². The number of carbonyl (C=O) groups excluding carboxylic acids is 4. The Morgan fingerprint density at radius 1 is 0.360 bits per heavy atom. The number of aryl methyl sites for hydroxylation is 3. The zero-order valence-electron chi connectivity index (χ0n) is 81.7. The van der Waals surface area contributed by atoms with E-state index in [2.05, 4.69) is 91.8 Å². The predicted molar refractivity (Wildman–Crippen MR) is 560 cm³/mol. The third-order valence-electron chi connectivity index (χ3n) is 22.6. The molecule has 2 aromatic carbocycles. The number of pyridine rings is 8. The topological polar surface area (TPSA) is 569 Å². The summed E-state index contributed by atoms with van der Waals surface area (Å²) in [7, 11) is 0. The van der Waals surface area contributed by atoms with Gasteiger partial charge in [-0.3, -0.25) is 98.1 Å². The molecule has 0 fully saturated rings. The number of halogens is 2. The number of thiazole rings is 1. The first-order valence-corrected chi connectivity index (χ1v) is 47.7. The van der Waals surface area contributed by atoms with E-state index >= 15 is 0 Å². The minimum atomic E-state index is -0.685. The summed E-state index contributed by atoms with van der Waals surface area (Å²) in [5.41, 5.74) is 2.51. The molecule has 42 nitrogen and oxygen atoms in total. The smallest absolute Gasteiger partial charge is 0.270 e. The van der Waals surface area contributed by atoms with Crippen LogP contribution in [0.15, 0.2) is 277 Å². The van der Waals surface area contributed by atoms with E-state index in [9.17, 15) is 107 Å². The maximum absolute atomic E-state index is 13.2. The van der Waals surface area contributed by atoms with Gasteiger partial charge in [-0.2, -0.15) is 0 Å². The van der Waals surface area contributed by atoms with Crippen LogP contribution >= 0.6 is 11.3 Å². The Hall–Kier alpha value is -18.7. The first-order valence-electron chi connectivity index (χ1n) is 46.8. The van der Waals surface area contributed by atoms with Gasteiger partial charge in [-0.05, 0) is 184 Å². The van der Waals surface area contributed by atoms with Crippen molar-refractivity contribution >= 4 is 95.5 Å². The molecule has 0 bridgehead atoms. The van der Waals surface area contributed by atoms with Crippen LogP contribution in [0.3, 0.4) is 0 Å². The molecular formula is C105H108F2N22O20S. The van der Waals surface area contributed by atoms with E-state index in [1.54, 1.807) is 73.6 Å². The van der Waals surface area contributed by atoms with Crippen molar-refractivity contribution in [2.45, 2.75) is 127 Å². The number of rotatable bonds is 22. The van der Waals surface area contributed by atoms with E-state index < -0.39 is 51.7 Å². The van der Waals surface area contributed by atoms with Crippen LogP contribution in [0.2, 0.25) is 0 Å². The number of nitrogens with zero attached hydrogens (tertiary/aromatic N) is 18. The van der Waals surface area contributed by atoms with Crippen molar-refractivity contribution in [2.75, 3.05) is 38.0 Å². The molecule has 19 rings (SSSR count). The summed E-state index contributed by atoms with van der Waals surface area (Å²) in [5, 5.41) is 87.3. The van der Waals surface area contributed by atoms with Gasteiger partial charge in [0.05, 0.1) is 10.2 Å². The lowest BCUT2D eigenvalue weighted by molar-refractivity contribution is 0.0939. The van der Waals surface area contributed by atoms with Gasteiger partial charge in [0.1, 0.15) is 33.9 Å². The molecule has 0 aliphatic carbocycles. The summed E-state index contributed by atoms with van der Waals surface area (Å²) in [6.07, 6.45) is 29.8. The molecule has 19 aromatic rings. The molecule has 12 N–H and O–H groups in total. The van der Waals surface area contributed by atoms with Gasteiger partial charge in [-0.15, -0.1) is 0 Å². The Morgan fingerprint density at radius 3 is 1.04 bits per heavy atom. The lowest BCUT2D eigenvalue weighted by Crippen LogP contribution is -2.37. The Morgan fingerprint density at radius 2 is 0.680 bits per heavy atom.